The van der Waals surface area contributed by atoms with Gasteiger partial charge in [-0.2, -0.15) is 0 Å². The minimum atomic E-state index is 0.140. The molecule has 0 aromatic heterocycles. The molecule has 0 heterocycles. The third-order valence-corrected chi connectivity index (χ3v) is 3.35. The lowest BCUT2D eigenvalue weighted by molar-refractivity contribution is 0.0824. The Kier molecular flexibility index (Phi) is 5.13. The smallest absolute Gasteiger partial charge is 0.0499 e. The van der Waals surface area contributed by atoms with Gasteiger partial charge >= 0.3 is 0 Å². The van der Waals surface area contributed by atoms with E-state index in [1.165, 1.54) is 19.3 Å². The normalized spacial score (nSPS) is 20.7. The van der Waals surface area contributed by atoms with E-state index < -0.39 is 0 Å². The molecular weight excluding hydrogens is 242 g/mol. The molecule has 2 N–H and O–H groups in total. The lowest BCUT2D eigenvalue weighted by atomic mass is 9.74. The second kappa shape index (κ2) is 5.89. The van der Waals surface area contributed by atoms with Crippen molar-refractivity contribution < 1.29 is 5.11 Å². The van der Waals surface area contributed by atoms with Crippen molar-refractivity contribution in [3.63, 3.8) is 0 Å². The number of aliphatic hydroxyl groups is 1. The van der Waals surface area contributed by atoms with Crippen molar-refractivity contribution in [3.8, 4) is 0 Å². The number of rotatable bonds is 5. The molecule has 0 aliphatic heterocycles. The molecule has 14 heavy (non-hydrogen) atoms. The fourth-order valence-electron chi connectivity index (χ4n) is 2.16. The molecule has 0 spiro atoms. The van der Waals surface area contributed by atoms with E-state index in [0.29, 0.717) is 6.61 Å². The highest BCUT2D eigenvalue weighted by Crippen LogP contribution is 2.35. The van der Waals surface area contributed by atoms with Gasteiger partial charge in [0.25, 0.3) is 0 Å². The second-order valence-corrected chi connectivity index (χ2v) is 5.46. The van der Waals surface area contributed by atoms with Crippen LogP contribution in [0.1, 0.15) is 32.1 Å². The maximum absolute atomic E-state index is 9.43. The zero-order valence-corrected chi connectivity index (χ0v) is 10.3. The molecule has 1 aliphatic carbocycles. The van der Waals surface area contributed by atoms with Crippen molar-refractivity contribution in [2.45, 2.75) is 32.1 Å². The van der Waals surface area contributed by atoms with Gasteiger partial charge in [0.05, 0.1) is 0 Å². The van der Waals surface area contributed by atoms with Crippen LogP contribution < -0.4 is 5.32 Å². The average Bonchev–Trinajstić information content (AvgIpc) is 2.19. The largest absolute Gasteiger partial charge is 0.396 e. The summed E-state index contributed by atoms with van der Waals surface area (Å²) in [5.41, 5.74) is 0.140. The van der Waals surface area contributed by atoms with Crippen molar-refractivity contribution in [2.24, 2.45) is 5.41 Å². The average molecular weight is 262 g/mol. The van der Waals surface area contributed by atoms with Crippen LogP contribution in [0.2, 0.25) is 0 Å². The molecule has 2 nitrogen and oxygen atoms in total. The minimum absolute atomic E-state index is 0.140. The van der Waals surface area contributed by atoms with E-state index >= 15 is 0 Å². The molecule has 3 heteroatoms. The molecule has 0 bridgehead atoms. The highest BCUT2D eigenvalue weighted by atomic mass is 79.9. The van der Waals surface area contributed by atoms with Gasteiger partial charge in [-0.05, 0) is 12.8 Å². The van der Waals surface area contributed by atoms with Gasteiger partial charge in [-0.1, -0.05) is 41.8 Å². The number of nitrogens with one attached hydrogen (secondary N) is 1. The van der Waals surface area contributed by atoms with Crippen LogP contribution in [0.15, 0.2) is 11.1 Å². The first-order valence-corrected chi connectivity index (χ1v) is 6.13. The van der Waals surface area contributed by atoms with Crippen LogP contribution in [0.4, 0.5) is 0 Å². The maximum Gasteiger partial charge on any atom is 0.0499 e. The highest BCUT2D eigenvalue weighted by molar-refractivity contribution is 9.11. The van der Waals surface area contributed by atoms with E-state index in [9.17, 15) is 5.11 Å². The predicted molar refractivity (Wildman–Crippen MR) is 63.5 cm³/mol. The Bertz CT molecular complexity index is 188. The van der Waals surface area contributed by atoms with Crippen molar-refractivity contribution in [2.75, 3.05) is 19.7 Å². The molecule has 0 radical (unpaired) electrons. The van der Waals surface area contributed by atoms with Gasteiger partial charge in [0.2, 0.25) is 0 Å². The van der Waals surface area contributed by atoms with Crippen LogP contribution in [0.3, 0.4) is 0 Å². The van der Waals surface area contributed by atoms with Crippen LogP contribution >= 0.6 is 15.9 Å². The quantitative estimate of drug-likeness (QED) is 0.797. The summed E-state index contributed by atoms with van der Waals surface area (Å²) in [4.78, 5) is 0. The summed E-state index contributed by atoms with van der Waals surface area (Å²) in [5.74, 6) is 0. The summed E-state index contributed by atoms with van der Waals surface area (Å²) in [6, 6.07) is 0. The van der Waals surface area contributed by atoms with E-state index in [2.05, 4.69) is 27.8 Å². The lowest BCUT2D eigenvalue weighted by Crippen LogP contribution is -2.39. The van der Waals surface area contributed by atoms with Crippen LogP contribution in [-0.2, 0) is 0 Å². The first-order chi connectivity index (χ1) is 6.68. The number of hydrogen-bond donors (Lipinski definition) is 2. The molecule has 1 aliphatic rings. The zero-order chi connectivity index (χ0) is 10.4. The third-order valence-electron chi connectivity index (χ3n) is 3.07. The van der Waals surface area contributed by atoms with Crippen molar-refractivity contribution >= 4 is 15.9 Å². The van der Waals surface area contributed by atoms with E-state index in [1.54, 1.807) is 0 Å². The Hall–Kier alpha value is 0.140. The Morgan fingerprint density at radius 2 is 2.00 bits per heavy atom. The number of hydrogen-bond acceptors (Lipinski definition) is 2. The summed E-state index contributed by atoms with van der Waals surface area (Å²) in [5, 5.41) is 12.8. The van der Waals surface area contributed by atoms with Gasteiger partial charge in [0.1, 0.15) is 0 Å². The fourth-order valence-corrected chi connectivity index (χ4v) is 2.35. The van der Waals surface area contributed by atoms with Gasteiger partial charge in [0.15, 0.2) is 0 Å². The van der Waals surface area contributed by atoms with E-state index in [-0.39, 0.29) is 5.41 Å². The summed E-state index contributed by atoms with van der Waals surface area (Å²) in [6.45, 7) is 5.80. The van der Waals surface area contributed by atoms with Crippen LogP contribution in [0.5, 0.6) is 0 Å². The van der Waals surface area contributed by atoms with E-state index in [0.717, 1.165) is 30.4 Å². The molecule has 0 unspecified atom stereocenters. The Balaban J connectivity index is 2.32. The molecule has 1 rings (SSSR count). The molecule has 1 fully saturated rings. The third kappa shape index (κ3) is 3.71. The van der Waals surface area contributed by atoms with Crippen molar-refractivity contribution in [1.82, 2.24) is 5.32 Å². The van der Waals surface area contributed by atoms with Gasteiger partial charge in [-0.25, -0.2) is 0 Å². The monoisotopic (exact) mass is 261 g/mol. The number of halogens is 1. The SMILES string of the molecule is C=C(Br)CNCC1(CO)CCCCC1. The van der Waals surface area contributed by atoms with Crippen LogP contribution in [-0.4, -0.2) is 24.8 Å². The maximum atomic E-state index is 9.43. The van der Waals surface area contributed by atoms with Crippen molar-refractivity contribution in [1.29, 1.82) is 0 Å². The Labute approximate surface area is 94.9 Å². The molecule has 0 saturated heterocycles. The molecular formula is C11H20BrNO. The van der Waals surface area contributed by atoms with Crippen molar-refractivity contribution in [3.05, 3.63) is 11.1 Å². The Morgan fingerprint density at radius 1 is 1.36 bits per heavy atom. The minimum Gasteiger partial charge on any atom is -0.396 e. The predicted octanol–water partition coefficient (Wildman–Crippen LogP) is 2.43. The second-order valence-electron chi connectivity index (χ2n) is 4.34. The summed E-state index contributed by atoms with van der Waals surface area (Å²) in [6.07, 6.45) is 6.17. The van der Waals surface area contributed by atoms with E-state index in [1.807, 2.05) is 0 Å². The summed E-state index contributed by atoms with van der Waals surface area (Å²) >= 11 is 3.32. The van der Waals surface area contributed by atoms with Gasteiger partial charge in [-0.3, -0.25) is 0 Å². The van der Waals surface area contributed by atoms with Crippen LogP contribution in [0, 0.1) is 5.41 Å². The molecule has 0 amide bonds. The molecule has 0 aromatic rings. The van der Waals surface area contributed by atoms with Gasteiger partial charge in [0, 0.05) is 29.6 Å². The number of aliphatic hydroxyl groups excluding tert-OH is 1. The van der Waals surface area contributed by atoms with Crippen LogP contribution in [0.25, 0.3) is 0 Å². The first kappa shape index (κ1) is 12.2. The van der Waals surface area contributed by atoms with Gasteiger partial charge in [-0.15, -0.1) is 0 Å². The van der Waals surface area contributed by atoms with Gasteiger partial charge < -0.3 is 10.4 Å². The summed E-state index contributed by atoms with van der Waals surface area (Å²) < 4.78 is 0.974. The topological polar surface area (TPSA) is 32.3 Å². The molecule has 0 atom stereocenters. The standard InChI is InChI=1S/C11H20BrNO/c1-10(12)7-13-8-11(9-14)5-3-2-4-6-11/h13-14H,1-9H2. The Morgan fingerprint density at radius 3 is 2.50 bits per heavy atom. The highest BCUT2D eigenvalue weighted by Gasteiger charge is 2.30. The summed E-state index contributed by atoms with van der Waals surface area (Å²) in [7, 11) is 0. The first-order valence-electron chi connectivity index (χ1n) is 5.33. The molecule has 0 aromatic carbocycles. The molecule has 82 valence electrons. The lowest BCUT2D eigenvalue weighted by Gasteiger charge is -2.35. The van der Waals surface area contributed by atoms with E-state index in [4.69, 9.17) is 0 Å². The molecule has 1 saturated carbocycles. The zero-order valence-electron chi connectivity index (χ0n) is 8.69. The fraction of sp³-hybridized carbons (Fsp3) is 0.818.